The van der Waals surface area contributed by atoms with Gasteiger partial charge in [-0.1, -0.05) is 27.7 Å². The molecule has 1 rings (SSSR count). The van der Waals surface area contributed by atoms with Gasteiger partial charge < -0.3 is 21.9 Å². The molecular weight excluding hydrogens is 328 g/mol. The smallest absolute Gasteiger partial charge is 0.228 e. The van der Waals surface area contributed by atoms with Gasteiger partial charge in [-0.2, -0.15) is 0 Å². The first-order valence-corrected chi connectivity index (χ1v) is 7.62. The zero-order valence-corrected chi connectivity index (χ0v) is 15.6. The van der Waals surface area contributed by atoms with Gasteiger partial charge in [-0.25, -0.2) is 4.57 Å². The Bertz CT molecular complexity index is 405. The van der Waals surface area contributed by atoms with E-state index in [1.807, 2.05) is 17.3 Å². The fourth-order valence-corrected chi connectivity index (χ4v) is 2.22. The Morgan fingerprint density at radius 2 is 1.57 bits per heavy atom. The Kier molecular flexibility index (Phi) is 9.51. The molecule has 0 aliphatic heterocycles. The van der Waals surface area contributed by atoms with E-state index in [0.717, 1.165) is 19.6 Å². The number of nitrogens with zero attached hydrogens (tertiary/aromatic N) is 2. The molecule has 0 aromatic carbocycles. The summed E-state index contributed by atoms with van der Waals surface area (Å²) in [5.41, 5.74) is 1.24. The van der Waals surface area contributed by atoms with Crippen LogP contribution in [-0.2, 0) is 11.3 Å². The van der Waals surface area contributed by atoms with Crippen LogP contribution in [0.15, 0.2) is 24.5 Å². The Morgan fingerprint density at radius 1 is 1.10 bits per heavy atom. The number of pyridine rings is 1. The zero-order chi connectivity index (χ0) is 15.1. The Morgan fingerprint density at radius 3 is 2.00 bits per heavy atom. The average Bonchev–Trinajstić information content (AvgIpc) is 2.36. The lowest BCUT2D eigenvalue weighted by Crippen LogP contribution is -3.00. The molecule has 1 aromatic heterocycles. The highest BCUT2D eigenvalue weighted by Gasteiger charge is 2.17. The summed E-state index contributed by atoms with van der Waals surface area (Å²) < 4.78 is 2.08. The first kappa shape index (κ1) is 20.1. The molecule has 0 fully saturated rings. The van der Waals surface area contributed by atoms with E-state index in [1.54, 1.807) is 0 Å². The number of amides is 1. The SMILES string of the molecule is Cc1cc[n+](CCC(=O)N(CC(C)C)CC(C)C)cc1.[Br-]. The Balaban J connectivity index is 0.00000400. The van der Waals surface area contributed by atoms with Crippen molar-refractivity contribution in [3.05, 3.63) is 30.1 Å². The van der Waals surface area contributed by atoms with Crippen LogP contribution in [0.2, 0.25) is 0 Å². The first-order valence-electron chi connectivity index (χ1n) is 7.62. The van der Waals surface area contributed by atoms with Crippen molar-refractivity contribution in [3.63, 3.8) is 0 Å². The normalized spacial score (nSPS) is 10.6. The van der Waals surface area contributed by atoms with Crippen LogP contribution in [0, 0.1) is 18.8 Å². The third kappa shape index (κ3) is 8.20. The van der Waals surface area contributed by atoms with Crippen molar-refractivity contribution in [2.75, 3.05) is 13.1 Å². The second kappa shape index (κ2) is 9.93. The van der Waals surface area contributed by atoms with Crippen molar-refractivity contribution in [1.29, 1.82) is 0 Å². The summed E-state index contributed by atoms with van der Waals surface area (Å²) in [4.78, 5) is 14.4. The van der Waals surface area contributed by atoms with Gasteiger partial charge in [0.2, 0.25) is 5.91 Å². The minimum absolute atomic E-state index is 0. The van der Waals surface area contributed by atoms with Gasteiger partial charge in [-0.05, 0) is 24.3 Å². The van der Waals surface area contributed by atoms with Gasteiger partial charge in [0, 0.05) is 25.2 Å². The van der Waals surface area contributed by atoms with E-state index in [1.165, 1.54) is 5.56 Å². The monoisotopic (exact) mass is 356 g/mol. The largest absolute Gasteiger partial charge is 1.00 e. The molecule has 0 radical (unpaired) electrons. The molecule has 0 aliphatic carbocycles. The quantitative estimate of drug-likeness (QED) is 0.621. The van der Waals surface area contributed by atoms with Crippen LogP contribution in [0.25, 0.3) is 0 Å². The van der Waals surface area contributed by atoms with Gasteiger partial charge in [0.25, 0.3) is 0 Å². The van der Waals surface area contributed by atoms with E-state index >= 15 is 0 Å². The summed E-state index contributed by atoms with van der Waals surface area (Å²) in [6.07, 6.45) is 4.66. The van der Waals surface area contributed by atoms with Crippen molar-refractivity contribution < 1.29 is 26.3 Å². The summed E-state index contributed by atoms with van der Waals surface area (Å²) in [7, 11) is 0. The highest BCUT2D eigenvalue weighted by Crippen LogP contribution is 2.06. The van der Waals surface area contributed by atoms with Crippen LogP contribution in [0.4, 0.5) is 0 Å². The molecule has 3 nitrogen and oxygen atoms in total. The van der Waals surface area contributed by atoms with E-state index in [0.29, 0.717) is 18.3 Å². The molecule has 120 valence electrons. The number of rotatable bonds is 7. The fourth-order valence-electron chi connectivity index (χ4n) is 2.22. The third-order valence-corrected chi connectivity index (χ3v) is 3.17. The maximum atomic E-state index is 12.4. The molecule has 0 N–H and O–H groups in total. The number of carbonyl (C=O) groups is 1. The van der Waals surface area contributed by atoms with E-state index in [-0.39, 0.29) is 22.9 Å². The minimum Gasteiger partial charge on any atom is -1.00 e. The molecule has 0 spiro atoms. The summed E-state index contributed by atoms with van der Waals surface area (Å²) in [6, 6.07) is 4.15. The molecule has 1 aromatic rings. The summed E-state index contributed by atoms with van der Waals surface area (Å²) >= 11 is 0. The molecule has 0 saturated carbocycles. The van der Waals surface area contributed by atoms with Crippen LogP contribution in [0.5, 0.6) is 0 Å². The van der Waals surface area contributed by atoms with Crippen LogP contribution < -0.4 is 21.5 Å². The van der Waals surface area contributed by atoms with Gasteiger partial charge in [-0.3, -0.25) is 4.79 Å². The maximum absolute atomic E-state index is 12.4. The molecule has 0 saturated heterocycles. The van der Waals surface area contributed by atoms with Crippen LogP contribution in [0.1, 0.15) is 39.7 Å². The van der Waals surface area contributed by atoms with Crippen LogP contribution in [0.3, 0.4) is 0 Å². The Labute approximate surface area is 140 Å². The predicted molar refractivity (Wildman–Crippen MR) is 82.2 cm³/mol. The molecule has 1 amide bonds. The number of halogens is 1. The number of aromatic nitrogens is 1. The molecular formula is C17H29BrN2O. The van der Waals surface area contributed by atoms with Crippen molar-refractivity contribution in [2.24, 2.45) is 11.8 Å². The standard InChI is InChI=1S/C17H29N2O.BrH/c1-14(2)12-19(13-15(3)4)17(20)8-11-18-9-6-16(5)7-10-18;/h6-7,9-10,14-15H,8,11-13H2,1-5H3;1H/q+1;/p-1. The van der Waals surface area contributed by atoms with Gasteiger partial charge in [0.15, 0.2) is 18.9 Å². The predicted octanol–water partition coefficient (Wildman–Crippen LogP) is -0.183. The Hall–Kier alpha value is -0.900. The van der Waals surface area contributed by atoms with Gasteiger partial charge in [-0.15, -0.1) is 0 Å². The fraction of sp³-hybridized carbons (Fsp3) is 0.647. The number of hydrogen-bond donors (Lipinski definition) is 0. The molecule has 21 heavy (non-hydrogen) atoms. The third-order valence-electron chi connectivity index (χ3n) is 3.17. The molecule has 4 heteroatoms. The molecule has 0 aliphatic rings. The summed E-state index contributed by atoms with van der Waals surface area (Å²) in [6.45, 7) is 13.2. The van der Waals surface area contributed by atoms with Crippen LogP contribution >= 0.6 is 0 Å². The highest BCUT2D eigenvalue weighted by atomic mass is 79.9. The van der Waals surface area contributed by atoms with Gasteiger partial charge >= 0.3 is 0 Å². The van der Waals surface area contributed by atoms with Crippen molar-refractivity contribution in [2.45, 2.75) is 47.6 Å². The van der Waals surface area contributed by atoms with Gasteiger partial charge in [0.05, 0.1) is 6.42 Å². The lowest BCUT2D eigenvalue weighted by atomic mass is 10.1. The topological polar surface area (TPSA) is 24.2 Å². The second-order valence-corrected chi connectivity index (χ2v) is 6.45. The lowest BCUT2D eigenvalue weighted by molar-refractivity contribution is -0.696. The molecule has 0 bridgehead atoms. The second-order valence-electron chi connectivity index (χ2n) is 6.45. The van der Waals surface area contributed by atoms with E-state index in [4.69, 9.17) is 0 Å². The number of hydrogen-bond acceptors (Lipinski definition) is 1. The van der Waals surface area contributed by atoms with E-state index < -0.39 is 0 Å². The van der Waals surface area contributed by atoms with Crippen molar-refractivity contribution in [3.8, 4) is 0 Å². The first-order chi connectivity index (χ1) is 9.38. The lowest BCUT2D eigenvalue weighted by Gasteiger charge is -2.26. The number of aryl methyl sites for hydroxylation is 2. The van der Waals surface area contributed by atoms with E-state index in [9.17, 15) is 4.79 Å². The molecule has 0 unspecified atom stereocenters. The average molecular weight is 357 g/mol. The minimum atomic E-state index is 0. The van der Waals surface area contributed by atoms with E-state index in [2.05, 4.69) is 51.3 Å². The van der Waals surface area contributed by atoms with Crippen molar-refractivity contribution in [1.82, 2.24) is 4.90 Å². The summed E-state index contributed by atoms with van der Waals surface area (Å²) in [5, 5.41) is 0. The van der Waals surface area contributed by atoms with Crippen molar-refractivity contribution >= 4 is 5.91 Å². The van der Waals surface area contributed by atoms with Gasteiger partial charge in [0.1, 0.15) is 0 Å². The maximum Gasteiger partial charge on any atom is 0.228 e. The molecule has 1 heterocycles. The molecule has 0 atom stereocenters. The highest BCUT2D eigenvalue weighted by molar-refractivity contribution is 5.75. The number of carbonyl (C=O) groups excluding carboxylic acids is 1. The van der Waals surface area contributed by atoms with Crippen LogP contribution in [-0.4, -0.2) is 23.9 Å². The zero-order valence-electron chi connectivity index (χ0n) is 14.0. The summed E-state index contributed by atoms with van der Waals surface area (Å²) in [5.74, 6) is 1.30.